The molecule has 0 saturated carbocycles. The first-order chi connectivity index (χ1) is 12.7. The number of benzene rings is 1. The monoisotopic (exact) mass is 354 g/mol. The molecule has 2 aromatic rings. The van der Waals surface area contributed by atoms with Crippen LogP contribution in [0.3, 0.4) is 0 Å². The standard InChI is InChI=1S/C21H30N4O/c1-4-8-17-15-20(25-14-7-6-9-18(25)5-2)24-21(23-17)22-16-10-12-19(26-3)13-11-16/h10-13,15,18H,4-9,14H2,1-3H3,(H,22,23,24). The quantitative estimate of drug-likeness (QED) is 0.762. The number of nitrogens with zero attached hydrogens (tertiary/aromatic N) is 3. The second-order valence-corrected chi connectivity index (χ2v) is 6.90. The maximum Gasteiger partial charge on any atom is 0.229 e. The molecular formula is C21H30N4O. The van der Waals surface area contributed by atoms with Crippen molar-refractivity contribution < 1.29 is 4.74 Å². The van der Waals surface area contributed by atoms with Crippen molar-refractivity contribution in [1.29, 1.82) is 0 Å². The zero-order chi connectivity index (χ0) is 18.4. The van der Waals surface area contributed by atoms with Crippen LogP contribution in [0.1, 0.15) is 51.6 Å². The van der Waals surface area contributed by atoms with Crippen molar-refractivity contribution in [1.82, 2.24) is 9.97 Å². The zero-order valence-electron chi connectivity index (χ0n) is 16.2. The van der Waals surface area contributed by atoms with Crippen LogP contribution in [0.15, 0.2) is 30.3 Å². The minimum atomic E-state index is 0.585. The second kappa shape index (κ2) is 8.88. The molecule has 1 atom stereocenters. The lowest BCUT2D eigenvalue weighted by atomic mass is 10.00. The minimum absolute atomic E-state index is 0.585. The summed E-state index contributed by atoms with van der Waals surface area (Å²) in [5, 5.41) is 3.36. The molecule has 140 valence electrons. The molecule has 1 aliphatic rings. The molecule has 1 N–H and O–H groups in total. The van der Waals surface area contributed by atoms with E-state index in [4.69, 9.17) is 14.7 Å². The number of rotatable bonds is 7. The molecule has 0 amide bonds. The molecule has 1 aliphatic heterocycles. The molecule has 1 aromatic carbocycles. The molecule has 1 saturated heterocycles. The van der Waals surface area contributed by atoms with E-state index in [1.807, 2.05) is 24.3 Å². The van der Waals surface area contributed by atoms with Crippen LogP contribution < -0.4 is 15.0 Å². The summed E-state index contributed by atoms with van der Waals surface area (Å²) < 4.78 is 5.23. The molecule has 1 aromatic heterocycles. The summed E-state index contributed by atoms with van der Waals surface area (Å²) in [5.41, 5.74) is 2.07. The summed E-state index contributed by atoms with van der Waals surface area (Å²) in [6, 6.07) is 10.6. The van der Waals surface area contributed by atoms with E-state index < -0.39 is 0 Å². The largest absolute Gasteiger partial charge is 0.497 e. The molecule has 1 unspecified atom stereocenters. The topological polar surface area (TPSA) is 50.3 Å². The molecule has 2 heterocycles. The van der Waals surface area contributed by atoms with Crippen LogP contribution in [0.4, 0.5) is 17.5 Å². The molecule has 1 fully saturated rings. The van der Waals surface area contributed by atoms with Crippen molar-refractivity contribution in [3.05, 3.63) is 36.0 Å². The average Bonchev–Trinajstić information content (AvgIpc) is 2.68. The van der Waals surface area contributed by atoms with Crippen molar-refractivity contribution in [2.24, 2.45) is 0 Å². The number of hydrogen-bond donors (Lipinski definition) is 1. The highest BCUT2D eigenvalue weighted by Gasteiger charge is 2.23. The zero-order valence-corrected chi connectivity index (χ0v) is 16.2. The van der Waals surface area contributed by atoms with E-state index in [0.717, 1.165) is 48.8 Å². The molecular weight excluding hydrogens is 324 g/mol. The van der Waals surface area contributed by atoms with E-state index in [9.17, 15) is 0 Å². The van der Waals surface area contributed by atoms with Crippen molar-refractivity contribution in [2.75, 3.05) is 23.9 Å². The number of aromatic nitrogens is 2. The predicted octanol–water partition coefficient (Wildman–Crippen LogP) is 4.95. The van der Waals surface area contributed by atoms with E-state index in [1.54, 1.807) is 7.11 Å². The normalized spacial score (nSPS) is 17.2. The van der Waals surface area contributed by atoms with Crippen molar-refractivity contribution in [3.63, 3.8) is 0 Å². The number of aryl methyl sites for hydroxylation is 1. The van der Waals surface area contributed by atoms with Gasteiger partial charge >= 0.3 is 0 Å². The summed E-state index contributed by atoms with van der Waals surface area (Å²) in [7, 11) is 1.68. The average molecular weight is 354 g/mol. The summed E-state index contributed by atoms with van der Waals surface area (Å²) >= 11 is 0. The van der Waals surface area contributed by atoms with Crippen molar-refractivity contribution in [2.45, 2.75) is 58.4 Å². The Morgan fingerprint density at radius 2 is 1.96 bits per heavy atom. The van der Waals surface area contributed by atoms with E-state index in [0.29, 0.717) is 12.0 Å². The molecule has 26 heavy (non-hydrogen) atoms. The van der Waals surface area contributed by atoms with E-state index in [-0.39, 0.29) is 0 Å². The van der Waals surface area contributed by atoms with Crippen LogP contribution >= 0.6 is 0 Å². The Morgan fingerprint density at radius 3 is 2.65 bits per heavy atom. The fourth-order valence-electron chi connectivity index (χ4n) is 3.60. The Hall–Kier alpha value is -2.30. The Balaban J connectivity index is 1.87. The molecule has 5 heteroatoms. The van der Waals surface area contributed by atoms with Gasteiger partial charge in [0.05, 0.1) is 7.11 Å². The van der Waals surface area contributed by atoms with Crippen LogP contribution in [-0.2, 0) is 6.42 Å². The maximum atomic E-state index is 5.23. The van der Waals surface area contributed by atoms with Gasteiger partial charge in [-0.3, -0.25) is 0 Å². The van der Waals surface area contributed by atoms with Gasteiger partial charge in [-0.1, -0.05) is 20.3 Å². The SMILES string of the molecule is CCCc1cc(N2CCCCC2CC)nc(Nc2ccc(OC)cc2)n1. The van der Waals surface area contributed by atoms with Gasteiger partial charge in [-0.05, 0) is 56.4 Å². The third-order valence-electron chi connectivity index (χ3n) is 5.01. The van der Waals surface area contributed by atoms with Crippen LogP contribution in [0, 0.1) is 0 Å². The number of methoxy groups -OCH3 is 1. The van der Waals surface area contributed by atoms with E-state index >= 15 is 0 Å². The fourth-order valence-corrected chi connectivity index (χ4v) is 3.60. The lowest BCUT2D eigenvalue weighted by molar-refractivity contribution is 0.415. The van der Waals surface area contributed by atoms with Gasteiger partial charge in [0.25, 0.3) is 0 Å². The molecule has 0 spiro atoms. The smallest absolute Gasteiger partial charge is 0.229 e. The van der Waals surface area contributed by atoms with Crippen LogP contribution in [0.2, 0.25) is 0 Å². The second-order valence-electron chi connectivity index (χ2n) is 6.90. The summed E-state index contributed by atoms with van der Waals surface area (Å²) in [6.45, 7) is 5.55. The number of piperidine rings is 1. The number of hydrogen-bond acceptors (Lipinski definition) is 5. The van der Waals surface area contributed by atoms with Gasteiger partial charge in [0.15, 0.2) is 0 Å². The summed E-state index contributed by atoms with van der Waals surface area (Å²) in [6.07, 6.45) is 7.02. The number of anilines is 3. The Kier molecular flexibility index (Phi) is 6.31. The van der Waals surface area contributed by atoms with Gasteiger partial charge < -0.3 is 15.0 Å². The van der Waals surface area contributed by atoms with E-state index in [2.05, 4.69) is 30.1 Å². The third-order valence-corrected chi connectivity index (χ3v) is 5.01. The van der Waals surface area contributed by atoms with Crippen LogP contribution in [0.25, 0.3) is 0 Å². The Labute approximate surface area is 156 Å². The maximum absolute atomic E-state index is 5.23. The molecule has 0 radical (unpaired) electrons. The molecule has 0 bridgehead atoms. The van der Waals surface area contributed by atoms with Crippen LogP contribution in [-0.4, -0.2) is 29.7 Å². The van der Waals surface area contributed by atoms with E-state index in [1.165, 1.54) is 19.3 Å². The first-order valence-electron chi connectivity index (χ1n) is 9.79. The predicted molar refractivity (Wildman–Crippen MR) is 108 cm³/mol. The third kappa shape index (κ3) is 4.45. The number of nitrogens with one attached hydrogen (secondary N) is 1. The van der Waals surface area contributed by atoms with Gasteiger partial charge in [0, 0.05) is 30.0 Å². The highest BCUT2D eigenvalue weighted by Crippen LogP contribution is 2.27. The van der Waals surface area contributed by atoms with Gasteiger partial charge in [0.2, 0.25) is 5.95 Å². The van der Waals surface area contributed by atoms with Crippen molar-refractivity contribution >= 4 is 17.5 Å². The van der Waals surface area contributed by atoms with Crippen LogP contribution in [0.5, 0.6) is 5.75 Å². The summed E-state index contributed by atoms with van der Waals surface area (Å²) in [5.74, 6) is 2.58. The van der Waals surface area contributed by atoms with Gasteiger partial charge in [0.1, 0.15) is 11.6 Å². The Morgan fingerprint density at radius 1 is 1.15 bits per heavy atom. The first-order valence-corrected chi connectivity index (χ1v) is 9.79. The van der Waals surface area contributed by atoms with Gasteiger partial charge in [-0.15, -0.1) is 0 Å². The summed E-state index contributed by atoms with van der Waals surface area (Å²) in [4.78, 5) is 12.1. The fraction of sp³-hybridized carbons (Fsp3) is 0.524. The number of ether oxygens (including phenoxy) is 1. The molecule has 3 rings (SSSR count). The lowest BCUT2D eigenvalue weighted by Gasteiger charge is -2.36. The highest BCUT2D eigenvalue weighted by molar-refractivity contribution is 5.57. The minimum Gasteiger partial charge on any atom is -0.497 e. The molecule has 0 aliphatic carbocycles. The highest BCUT2D eigenvalue weighted by atomic mass is 16.5. The van der Waals surface area contributed by atoms with Gasteiger partial charge in [-0.2, -0.15) is 4.98 Å². The van der Waals surface area contributed by atoms with Gasteiger partial charge in [-0.25, -0.2) is 4.98 Å². The first kappa shape index (κ1) is 18.5. The van der Waals surface area contributed by atoms with Crippen molar-refractivity contribution in [3.8, 4) is 5.75 Å². The Bertz CT molecular complexity index is 702. The lowest BCUT2D eigenvalue weighted by Crippen LogP contribution is -2.39. The molecule has 5 nitrogen and oxygen atoms in total.